The minimum atomic E-state index is -0.511. The Balaban J connectivity index is 1.34. The first-order valence-electron chi connectivity index (χ1n) is 9.82. The van der Waals surface area contributed by atoms with E-state index in [2.05, 4.69) is 29.6 Å². The number of aliphatic hydroxyl groups excluding tert-OH is 1. The first-order valence-corrected chi connectivity index (χ1v) is 9.82. The van der Waals surface area contributed by atoms with E-state index in [0.29, 0.717) is 11.1 Å². The van der Waals surface area contributed by atoms with Gasteiger partial charge in [0.05, 0.1) is 6.61 Å². The molecule has 4 rings (SSSR count). The Kier molecular flexibility index (Phi) is 5.91. The summed E-state index contributed by atoms with van der Waals surface area (Å²) in [5.74, 6) is -0.366. The molecule has 0 saturated carbocycles. The first-order chi connectivity index (χ1) is 14.7. The molecule has 5 heteroatoms. The van der Waals surface area contributed by atoms with Crippen molar-refractivity contribution in [2.75, 3.05) is 13.2 Å². The molecule has 0 aliphatic heterocycles. The van der Waals surface area contributed by atoms with Crippen molar-refractivity contribution in [2.45, 2.75) is 12.5 Å². The summed E-state index contributed by atoms with van der Waals surface area (Å²) in [6, 6.07) is 20.5. The number of halogens is 1. The summed E-state index contributed by atoms with van der Waals surface area (Å²) in [4.78, 5) is 12.1. The smallest absolute Gasteiger partial charge is 0.407 e. The number of hydrogen-bond donors (Lipinski definition) is 2. The zero-order chi connectivity index (χ0) is 20.9. The van der Waals surface area contributed by atoms with Crippen LogP contribution in [0.1, 0.15) is 28.2 Å². The summed E-state index contributed by atoms with van der Waals surface area (Å²) in [6.45, 7) is 0.306. The van der Waals surface area contributed by atoms with Gasteiger partial charge < -0.3 is 15.2 Å². The summed E-state index contributed by atoms with van der Waals surface area (Å²) >= 11 is 0. The number of carbonyl (C=O) groups excluding carboxylic acids is 1. The quantitative estimate of drug-likeness (QED) is 0.617. The third kappa shape index (κ3) is 4.11. The highest BCUT2D eigenvalue weighted by Gasteiger charge is 2.28. The maximum atomic E-state index is 13.4. The number of carbonyl (C=O) groups is 1. The van der Waals surface area contributed by atoms with E-state index in [-0.39, 0.29) is 31.5 Å². The molecule has 152 valence electrons. The van der Waals surface area contributed by atoms with E-state index in [9.17, 15) is 14.3 Å². The minimum Gasteiger partial charge on any atom is -0.449 e. The Bertz CT molecular complexity index is 1050. The molecule has 3 aromatic rings. The second-order valence-corrected chi connectivity index (χ2v) is 7.11. The first kappa shape index (κ1) is 19.9. The monoisotopic (exact) mass is 403 g/mol. The molecule has 4 nitrogen and oxygen atoms in total. The third-order valence-electron chi connectivity index (χ3n) is 5.28. The lowest BCUT2D eigenvalue weighted by molar-refractivity contribution is 0.144. The van der Waals surface area contributed by atoms with Crippen LogP contribution in [0.4, 0.5) is 9.18 Å². The van der Waals surface area contributed by atoms with Crippen LogP contribution in [0.2, 0.25) is 0 Å². The molecule has 0 aromatic heterocycles. The van der Waals surface area contributed by atoms with Crippen molar-refractivity contribution in [2.24, 2.45) is 0 Å². The molecular weight excluding hydrogens is 381 g/mol. The van der Waals surface area contributed by atoms with Crippen molar-refractivity contribution in [1.82, 2.24) is 5.32 Å². The number of ether oxygens (including phenoxy) is 1. The van der Waals surface area contributed by atoms with E-state index in [1.54, 1.807) is 12.2 Å². The van der Waals surface area contributed by atoms with Crippen molar-refractivity contribution >= 4 is 12.2 Å². The van der Waals surface area contributed by atoms with Crippen LogP contribution in [0.5, 0.6) is 0 Å². The zero-order valence-corrected chi connectivity index (χ0v) is 16.3. The third-order valence-corrected chi connectivity index (χ3v) is 5.28. The topological polar surface area (TPSA) is 58.6 Å². The summed E-state index contributed by atoms with van der Waals surface area (Å²) in [5, 5.41) is 12.0. The average Bonchev–Trinajstić information content (AvgIpc) is 3.09. The molecule has 1 aliphatic carbocycles. The van der Waals surface area contributed by atoms with Crippen molar-refractivity contribution in [1.29, 1.82) is 0 Å². The van der Waals surface area contributed by atoms with Gasteiger partial charge in [-0.25, -0.2) is 9.18 Å². The number of amides is 1. The standard InChI is InChI=1S/C25H22FNO3/c26-19-12-11-18(15-28)17(14-19)6-5-13-27-25(29)30-16-24-22-9-3-1-7-20(22)21-8-2-4-10-23(21)24/h1-12,14,24,28H,13,15-16H2,(H,27,29). The van der Waals surface area contributed by atoms with E-state index >= 15 is 0 Å². The summed E-state index contributed by atoms with van der Waals surface area (Å²) in [7, 11) is 0. The lowest BCUT2D eigenvalue weighted by Gasteiger charge is -2.14. The molecule has 0 fully saturated rings. The van der Waals surface area contributed by atoms with E-state index in [1.807, 2.05) is 24.3 Å². The SMILES string of the molecule is O=C(NCC=Cc1cc(F)ccc1CO)OCC1c2ccccc2-c2ccccc21. The molecule has 3 aromatic carbocycles. The van der Waals surface area contributed by atoms with Gasteiger partial charge in [0.1, 0.15) is 12.4 Å². The lowest BCUT2D eigenvalue weighted by atomic mass is 9.98. The van der Waals surface area contributed by atoms with Crippen LogP contribution < -0.4 is 5.32 Å². The fourth-order valence-electron chi connectivity index (χ4n) is 3.84. The molecule has 1 aliphatic rings. The molecule has 0 spiro atoms. The Hall–Kier alpha value is -3.44. The van der Waals surface area contributed by atoms with E-state index in [1.165, 1.54) is 29.3 Å². The van der Waals surface area contributed by atoms with Gasteiger partial charge in [-0.1, -0.05) is 66.7 Å². The average molecular weight is 403 g/mol. The van der Waals surface area contributed by atoms with E-state index in [4.69, 9.17) is 4.74 Å². The molecule has 0 saturated heterocycles. The largest absolute Gasteiger partial charge is 0.449 e. The zero-order valence-electron chi connectivity index (χ0n) is 16.3. The maximum Gasteiger partial charge on any atom is 0.407 e. The highest BCUT2D eigenvalue weighted by atomic mass is 19.1. The Morgan fingerprint density at radius 1 is 1.03 bits per heavy atom. The number of hydrogen-bond acceptors (Lipinski definition) is 3. The molecule has 2 N–H and O–H groups in total. The number of alkyl carbamates (subject to hydrolysis) is 1. The van der Waals surface area contributed by atoms with Crippen molar-refractivity contribution < 1.29 is 19.0 Å². The van der Waals surface area contributed by atoms with Gasteiger partial charge in [-0.3, -0.25) is 0 Å². The second kappa shape index (κ2) is 8.93. The molecule has 30 heavy (non-hydrogen) atoms. The minimum absolute atomic E-state index is 0.0121. The van der Waals surface area contributed by atoms with Gasteiger partial charge >= 0.3 is 6.09 Å². The molecule has 0 bridgehead atoms. The summed E-state index contributed by atoms with van der Waals surface area (Å²) in [6.07, 6.45) is 2.84. The van der Waals surface area contributed by atoms with Crippen LogP contribution in [-0.4, -0.2) is 24.4 Å². The fraction of sp³-hybridized carbons (Fsp3) is 0.160. The van der Waals surface area contributed by atoms with Gasteiger partial charge in [0.25, 0.3) is 0 Å². The second-order valence-electron chi connectivity index (χ2n) is 7.11. The van der Waals surface area contributed by atoms with Crippen LogP contribution in [-0.2, 0) is 11.3 Å². The number of nitrogens with one attached hydrogen (secondary N) is 1. The van der Waals surface area contributed by atoms with E-state index in [0.717, 1.165) is 11.1 Å². The predicted octanol–water partition coefficient (Wildman–Crippen LogP) is 4.87. The van der Waals surface area contributed by atoms with Crippen LogP contribution in [0, 0.1) is 5.82 Å². The van der Waals surface area contributed by atoms with Gasteiger partial charge in [0.2, 0.25) is 0 Å². The Morgan fingerprint density at radius 2 is 1.70 bits per heavy atom. The van der Waals surface area contributed by atoms with Crippen molar-refractivity contribution in [3.63, 3.8) is 0 Å². The normalized spacial score (nSPS) is 12.6. The van der Waals surface area contributed by atoms with Gasteiger partial charge in [0, 0.05) is 12.5 Å². The van der Waals surface area contributed by atoms with Crippen LogP contribution >= 0.6 is 0 Å². The van der Waals surface area contributed by atoms with Gasteiger partial charge in [-0.05, 0) is 45.5 Å². The number of rotatable bonds is 6. The fourth-order valence-corrected chi connectivity index (χ4v) is 3.84. The lowest BCUT2D eigenvalue weighted by Crippen LogP contribution is -2.26. The summed E-state index contributed by atoms with van der Waals surface area (Å²) in [5.41, 5.74) is 5.88. The molecule has 1 amide bonds. The van der Waals surface area contributed by atoms with Crippen molar-refractivity contribution in [3.8, 4) is 11.1 Å². The highest BCUT2D eigenvalue weighted by Crippen LogP contribution is 2.44. The molecular formula is C25H22FNO3. The van der Waals surface area contributed by atoms with Gasteiger partial charge in [-0.2, -0.15) is 0 Å². The van der Waals surface area contributed by atoms with E-state index < -0.39 is 6.09 Å². The maximum absolute atomic E-state index is 13.4. The highest BCUT2D eigenvalue weighted by molar-refractivity contribution is 5.79. The summed E-state index contributed by atoms with van der Waals surface area (Å²) < 4.78 is 18.8. The van der Waals surface area contributed by atoms with Gasteiger partial charge in [0.15, 0.2) is 0 Å². The molecule has 0 unspecified atom stereocenters. The molecule has 0 atom stereocenters. The van der Waals surface area contributed by atoms with Gasteiger partial charge in [-0.15, -0.1) is 0 Å². The Labute approximate surface area is 174 Å². The Morgan fingerprint density at radius 3 is 2.37 bits per heavy atom. The number of aliphatic hydroxyl groups is 1. The number of fused-ring (bicyclic) bond motifs is 3. The predicted molar refractivity (Wildman–Crippen MR) is 114 cm³/mol. The molecule has 0 radical (unpaired) electrons. The van der Waals surface area contributed by atoms with Crippen LogP contribution in [0.25, 0.3) is 17.2 Å². The van der Waals surface area contributed by atoms with Crippen molar-refractivity contribution in [3.05, 3.63) is 101 Å². The van der Waals surface area contributed by atoms with Crippen LogP contribution in [0.15, 0.2) is 72.8 Å². The molecule has 0 heterocycles. The number of benzene rings is 3. The van der Waals surface area contributed by atoms with Crippen LogP contribution in [0.3, 0.4) is 0 Å².